The third-order valence-electron chi connectivity index (χ3n) is 2.72. The van der Waals surface area contributed by atoms with E-state index in [1.165, 1.54) is 7.11 Å². The molecule has 2 aromatic rings. The van der Waals surface area contributed by atoms with Crippen LogP contribution in [0.15, 0.2) is 42.5 Å². The normalized spacial score (nSPS) is 9.65. The first-order chi connectivity index (χ1) is 9.65. The summed E-state index contributed by atoms with van der Waals surface area (Å²) in [5.41, 5.74) is 1.16. The minimum atomic E-state index is -0.375. The molecule has 4 nitrogen and oxygen atoms in total. The number of carbonyl (C=O) groups is 1. The van der Waals surface area contributed by atoms with E-state index in [-0.39, 0.29) is 10.9 Å². The molecule has 1 N–H and O–H groups in total. The second-order valence-electron chi connectivity index (χ2n) is 3.96. The molecule has 0 saturated carbocycles. The van der Waals surface area contributed by atoms with Crippen molar-refractivity contribution in [1.82, 2.24) is 0 Å². The molecule has 0 radical (unpaired) electrons. The van der Waals surface area contributed by atoms with Gasteiger partial charge in [0.05, 0.1) is 28.9 Å². The van der Waals surface area contributed by atoms with E-state index in [2.05, 4.69) is 5.32 Å². The van der Waals surface area contributed by atoms with Crippen LogP contribution < -0.4 is 10.1 Å². The number of methoxy groups -OCH3 is 1. The molecule has 0 aliphatic heterocycles. The van der Waals surface area contributed by atoms with Gasteiger partial charge in [0, 0.05) is 0 Å². The number of anilines is 1. The van der Waals surface area contributed by atoms with Gasteiger partial charge >= 0.3 is 0 Å². The van der Waals surface area contributed by atoms with Crippen molar-refractivity contribution in [1.29, 1.82) is 5.26 Å². The molecule has 0 aromatic heterocycles. The predicted molar refractivity (Wildman–Crippen MR) is 77.1 cm³/mol. The number of para-hydroxylation sites is 1. The lowest BCUT2D eigenvalue weighted by Gasteiger charge is -2.09. The number of nitrogens with one attached hydrogen (secondary N) is 1. The Balaban J connectivity index is 2.27. The lowest BCUT2D eigenvalue weighted by molar-refractivity contribution is 0.102. The Morgan fingerprint density at radius 1 is 1.30 bits per heavy atom. The first-order valence-corrected chi connectivity index (χ1v) is 6.17. The molecule has 2 rings (SSSR count). The number of benzene rings is 2. The first kappa shape index (κ1) is 13.9. The molecule has 0 aliphatic carbocycles. The van der Waals surface area contributed by atoms with Crippen LogP contribution in [0.5, 0.6) is 5.75 Å². The van der Waals surface area contributed by atoms with Crippen LogP contribution in [0.3, 0.4) is 0 Å². The van der Waals surface area contributed by atoms with Crippen LogP contribution >= 0.6 is 11.6 Å². The molecule has 0 spiro atoms. The van der Waals surface area contributed by atoms with Gasteiger partial charge in [-0.3, -0.25) is 4.79 Å². The maximum atomic E-state index is 12.2. The summed E-state index contributed by atoms with van der Waals surface area (Å²) in [6, 6.07) is 13.6. The van der Waals surface area contributed by atoms with Gasteiger partial charge in [-0.2, -0.15) is 5.26 Å². The summed E-state index contributed by atoms with van der Waals surface area (Å²) >= 11 is 6.04. The average molecular weight is 287 g/mol. The Kier molecular flexibility index (Phi) is 4.24. The minimum absolute atomic E-state index is 0.288. The zero-order valence-corrected chi connectivity index (χ0v) is 11.4. The zero-order valence-electron chi connectivity index (χ0n) is 10.7. The monoisotopic (exact) mass is 286 g/mol. The topological polar surface area (TPSA) is 62.1 Å². The van der Waals surface area contributed by atoms with E-state index < -0.39 is 0 Å². The third-order valence-corrected chi connectivity index (χ3v) is 3.03. The van der Waals surface area contributed by atoms with E-state index >= 15 is 0 Å². The van der Waals surface area contributed by atoms with Gasteiger partial charge in [-0.15, -0.1) is 0 Å². The Labute approximate surface area is 121 Å². The van der Waals surface area contributed by atoms with Crippen molar-refractivity contribution in [3.05, 3.63) is 58.6 Å². The third kappa shape index (κ3) is 2.90. The van der Waals surface area contributed by atoms with Gasteiger partial charge in [0.1, 0.15) is 11.8 Å². The average Bonchev–Trinajstić information content (AvgIpc) is 2.47. The second-order valence-corrected chi connectivity index (χ2v) is 4.36. The van der Waals surface area contributed by atoms with Crippen molar-refractivity contribution in [2.45, 2.75) is 0 Å². The van der Waals surface area contributed by atoms with Crippen molar-refractivity contribution in [2.75, 3.05) is 12.4 Å². The SMILES string of the molecule is COc1ccc(C(=O)Nc2ccccc2C#N)c(Cl)c1. The van der Waals surface area contributed by atoms with Crippen molar-refractivity contribution in [2.24, 2.45) is 0 Å². The van der Waals surface area contributed by atoms with Crippen LogP contribution in [0.4, 0.5) is 5.69 Å². The number of hydrogen-bond acceptors (Lipinski definition) is 3. The predicted octanol–water partition coefficient (Wildman–Crippen LogP) is 3.47. The number of ether oxygens (including phenoxy) is 1. The summed E-state index contributed by atoms with van der Waals surface area (Å²) in [6.07, 6.45) is 0. The number of carbonyl (C=O) groups excluding carboxylic acids is 1. The van der Waals surface area contributed by atoms with Crippen molar-refractivity contribution >= 4 is 23.2 Å². The van der Waals surface area contributed by atoms with Gasteiger partial charge in [-0.25, -0.2) is 0 Å². The summed E-state index contributed by atoms with van der Waals surface area (Å²) < 4.78 is 5.03. The number of nitriles is 1. The summed E-state index contributed by atoms with van der Waals surface area (Å²) in [5, 5.41) is 11.9. The summed E-state index contributed by atoms with van der Waals surface area (Å²) in [6.45, 7) is 0. The summed E-state index contributed by atoms with van der Waals surface area (Å²) in [4.78, 5) is 12.2. The van der Waals surface area contributed by atoms with Crippen LogP contribution in [0.2, 0.25) is 5.02 Å². The smallest absolute Gasteiger partial charge is 0.257 e. The van der Waals surface area contributed by atoms with Gasteiger partial charge in [-0.05, 0) is 30.3 Å². The molecule has 0 fully saturated rings. The van der Waals surface area contributed by atoms with Crippen LogP contribution in [-0.4, -0.2) is 13.0 Å². The van der Waals surface area contributed by atoms with Gasteiger partial charge in [0.15, 0.2) is 0 Å². The molecule has 0 aliphatic rings. The molecule has 1 amide bonds. The first-order valence-electron chi connectivity index (χ1n) is 5.79. The highest BCUT2D eigenvalue weighted by atomic mass is 35.5. The molecule has 20 heavy (non-hydrogen) atoms. The van der Waals surface area contributed by atoms with E-state index in [0.29, 0.717) is 22.6 Å². The quantitative estimate of drug-likeness (QED) is 0.939. The maximum Gasteiger partial charge on any atom is 0.257 e. The molecule has 5 heteroatoms. The Hall–Kier alpha value is -2.51. The Morgan fingerprint density at radius 3 is 2.70 bits per heavy atom. The van der Waals surface area contributed by atoms with Crippen LogP contribution in [0, 0.1) is 11.3 Å². The van der Waals surface area contributed by atoms with E-state index in [9.17, 15) is 4.79 Å². The second kappa shape index (κ2) is 6.09. The van der Waals surface area contributed by atoms with Crippen LogP contribution in [0.25, 0.3) is 0 Å². The van der Waals surface area contributed by atoms with Crippen molar-refractivity contribution in [3.8, 4) is 11.8 Å². The summed E-state index contributed by atoms with van der Waals surface area (Å²) in [7, 11) is 1.52. The molecule has 2 aromatic carbocycles. The number of amides is 1. The standard InChI is InChI=1S/C15H11ClN2O2/c1-20-11-6-7-12(13(16)8-11)15(19)18-14-5-3-2-4-10(14)9-17/h2-8H,1H3,(H,18,19). The van der Waals surface area contributed by atoms with Gasteiger partial charge in [-0.1, -0.05) is 23.7 Å². The molecule has 0 heterocycles. The maximum absolute atomic E-state index is 12.2. The highest BCUT2D eigenvalue weighted by Gasteiger charge is 2.13. The van der Waals surface area contributed by atoms with Crippen molar-refractivity contribution in [3.63, 3.8) is 0 Å². The summed E-state index contributed by atoms with van der Waals surface area (Å²) in [5.74, 6) is 0.198. The van der Waals surface area contributed by atoms with E-state index in [4.69, 9.17) is 21.6 Å². The van der Waals surface area contributed by atoms with Crippen LogP contribution in [0.1, 0.15) is 15.9 Å². The molecule has 0 unspecified atom stereocenters. The van der Waals surface area contributed by atoms with E-state index in [1.807, 2.05) is 6.07 Å². The minimum Gasteiger partial charge on any atom is -0.497 e. The zero-order chi connectivity index (χ0) is 14.5. The van der Waals surface area contributed by atoms with Crippen LogP contribution in [-0.2, 0) is 0 Å². The molecule has 0 atom stereocenters. The Bertz CT molecular complexity index is 693. The molecular formula is C15H11ClN2O2. The molecule has 100 valence electrons. The van der Waals surface area contributed by atoms with Gasteiger partial charge in [0.2, 0.25) is 0 Å². The molecular weight excluding hydrogens is 276 g/mol. The fraction of sp³-hybridized carbons (Fsp3) is 0.0667. The number of nitrogens with zero attached hydrogens (tertiary/aromatic N) is 1. The number of rotatable bonds is 3. The van der Waals surface area contributed by atoms with Crippen molar-refractivity contribution < 1.29 is 9.53 Å². The number of halogens is 1. The fourth-order valence-corrected chi connectivity index (χ4v) is 1.94. The van der Waals surface area contributed by atoms with E-state index in [1.54, 1.807) is 42.5 Å². The Morgan fingerprint density at radius 2 is 2.05 bits per heavy atom. The van der Waals surface area contributed by atoms with Gasteiger partial charge in [0.25, 0.3) is 5.91 Å². The molecule has 0 saturated heterocycles. The van der Waals surface area contributed by atoms with E-state index in [0.717, 1.165) is 0 Å². The lowest BCUT2D eigenvalue weighted by atomic mass is 10.1. The van der Waals surface area contributed by atoms with Gasteiger partial charge < -0.3 is 10.1 Å². The largest absolute Gasteiger partial charge is 0.497 e. The number of hydrogen-bond donors (Lipinski definition) is 1. The lowest BCUT2D eigenvalue weighted by Crippen LogP contribution is -2.13. The molecule has 0 bridgehead atoms. The highest BCUT2D eigenvalue weighted by Crippen LogP contribution is 2.24. The highest BCUT2D eigenvalue weighted by molar-refractivity contribution is 6.34. The fourth-order valence-electron chi connectivity index (χ4n) is 1.69.